The average molecular weight is 258 g/mol. The van der Waals surface area contributed by atoms with Gasteiger partial charge in [-0.3, -0.25) is 4.79 Å². The number of aliphatic carboxylic acids is 1. The number of ether oxygens (including phenoxy) is 1. The lowest BCUT2D eigenvalue weighted by Crippen LogP contribution is -2.55. The molecule has 0 atom stereocenters. The molecule has 4 fully saturated rings. The molecule has 4 saturated carbocycles. The summed E-state index contributed by atoms with van der Waals surface area (Å²) < 4.78 is 5.39. The van der Waals surface area contributed by atoms with Crippen molar-refractivity contribution in [1.82, 2.24) is 0 Å². The fraction of sp³-hybridized carbons (Fsp3) is 0.562. The molecule has 19 heavy (non-hydrogen) atoms. The van der Waals surface area contributed by atoms with E-state index < -0.39 is 11.4 Å². The summed E-state index contributed by atoms with van der Waals surface area (Å²) >= 11 is 0. The zero-order valence-corrected chi connectivity index (χ0v) is 11.1. The van der Waals surface area contributed by atoms with E-state index in [1.165, 1.54) is 24.8 Å². The Morgan fingerprint density at radius 3 is 2.42 bits per heavy atom. The number of carboxylic acid groups (broad SMARTS) is 1. The highest BCUT2D eigenvalue weighted by molar-refractivity contribution is 5.86. The first kappa shape index (κ1) is 11.3. The van der Waals surface area contributed by atoms with E-state index in [2.05, 4.69) is 12.1 Å². The van der Waals surface area contributed by atoms with Crippen LogP contribution in [0.1, 0.15) is 43.2 Å². The van der Waals surface area contributed by atoms with Crippen molar-refractivity contribution in [2.45, 2.75) is 42.9 Å². The van der Waals surface area contributed by atoms with E-state index in [9.17, 15) is 9.90 Å². The molecule has 3 heteroatoms. The molecule has 100 valence electrons. The normalized spacial score (nSPS) is 33.0. The van der Waals surface area contributed by atoms with Crippen LogP contribution < -0.4 is 4.74 Å². The number of hydrogen-bond acceptors (Lipinski definition) is 2. The standard InChI is InChI=1S/C16H18O3/c1-19-13-3-2-11(15-7-10(8-15)9-15)6-12(13)16(4-5-16)14(17)18/h2-3,6,10H,4-5,7-9H2,1H3,(H,17,18). The zero-order valence-electron chi connectivity index (χ0n) is 11.1. The van der Waals surface area contributed by atoms with Crippen LogP contribution in [0.25, 0.3) is 0 Å². The van der Waals surface area contributed by atoms with E-state index >= 15 is 0 Å². The highest BCUT2D eigenvalue weighted by Crippen LogP contribution is 2.65. The van der Waals surface area contributed by atoms with Gasteiger partial charge in [-0.05, 0) is 55.1 Å². The Hall–Kier alpha value is -1.51. The van der Waals surface area contributed by atoms with E-state index in [0.29, 0.717) is 5.41 Å². The van der Waals surface area contributed by atoms with Gasteiger partial charge in [0.2, 0.25) is 0 Å². The third-order valence-electron chi connectivity index (χ3n) is 5.53. The van der Waals surface area contributed by atoms with E-state index in [0.717, 1.165) is 30.1 Å². The van der Waals surface area contributed by atoms with Gasteiger partial charge in [0.25, 0.3) is 0 Å². The number of rotatable bonds is 4. The second-order valence-electron chi connectivity index (χ2n) is 6.56. The van der Waals surface area contributed by atoms with Crippen LogP contribution in [0.2, 0.25) is 0 Å². The molecule has 1 aromatic carbocycles. The Labute approximate surface area is 112 Å². The van der Waals surface area contributed by atoms with Crippen molar-refractivity contribution in [2.24, 2.45) is 5.92 Å². The van der Waals surface area contributed by atoms with Gasteiger partial charge in [0, 0.05) is 5.56 Å². The number of carbonyl (C=O) groups is 1. The monoisotopic (exact) mass is 258 g/mol. The molecule has 0 saturated heterocycles. The predicted octanol–water partition coefficient (Wildman–Crippen LogP) is 2.86. The van der Waals surface area contributed by atoms with Gasteiger partial charge in [0.1, 0.15) is 5.75 Å². The second kappa shape index (κ2) is 3.33. The molecule has 0 heterocycles. The quantitative estimate of drug-likeness (QED) is 0.903. The van der Waals surface area contributed by atoms with Crippen molar-refractivity contribution in [3.63, 3.8) is 0 Å². The number of hydrogen-bond donors (Lipinski definition) is 1. The van der Waals surface area contributed by atoms with Crippen LogP contribution in [0.15, 0.2) is 18.2 Å². The van der Waals surface area contributed by atoms with Gasteiger partial charge in [-0.1, -0.05) is 12.1 Å². The highest BCUT2D eigenvalue weighted by Gasteiger charge is 2.58. The van der Waals surface area contributed by atoms with Crippen LogP contribution in [-0.4, -0.2) is 18.2 Å². The van der Waals surface area contributed by atoms with E-state index in [4.69, 9.17) is 4.74 Å². The Kier molecular flexibility index (Phi) is 1.98. The molecule has 0 amide bonds. The molecule has 4 aliphatic carbocycles. The third-order valence-corrected chi connectivity index (χ3v) is 5.53. The van der Waals surface area contributed by atoms with Crippen LogP contribution in [0.4, 0.5) is 0 Å². The van der Waals surface area contributed by atoms with E-state index in [-0.39, 0.29) is 0 Å². The molecule has 0 radical (unpaired) electrons. The van der Waals surface area contributed by atoms with Crippen molar-refractivity contribution in [1.29, 1.82) is 0 Å². The predicted molar refractivity (Wildman–Crippen MR) is 70.6 cm³/mol. The Balaban J connectivity index is 1.79. The fourth-order valence-electron chi connectivity index (χ4n) is 3.97. The van der Waals surface area contributed by atoms with Crippen LogP contribution in [-0.2, 0) is 15.6 Å². The summed E-state index contributed by atoms with van der Waals surface area (Å²) in [6, 6.07) is 6.22. The first-order valence-corrected chi connectivity index (χ1v) is 7.02. The maximum Gasteiger partial charge on any atom is 0.314 e. The van der Waals surface area contributed by atoms with Crippen molar-refractivity contribution in [3.05, 3.63) is 29.3 Å². The molecule has 5 rings (SSSR count). The molecule has 3 nitrogen and oxygen atoms in total. The Bertz CT molecular complexity index is 554. The molecule has 0 aromatic heterocycles. The highest BCUT2D eigenvalue weighted by atomic mass is 16.5. The van der Waals surface area contributed by atoms with Crippen molar-refractivity contribution >= 4 is 5.97 Å². The molecule has 0 unspecified atom stereocenters. The lowest BCUT2D eigenvalue weighted by molar-refractivity contribution is -0.140. The summed E-state index contributed by atoms with van der Waals surface area (Å²) in [5.74, 6) is 0.954. The minimum absolute atomic E-state index is 0.375. The number of benzene rings is 1. The molecule has 4 aliphatic rings. The van der Waals surface area contributed by atoms with Gasteiger partial charge in [-0.15, -0.1) is 0 Å². The largest absolute Gasteiger partial charge is 0.496 e. The first-order valence-electron chi connectivity index (χ1n) is 7.02. The van der Waals surface area contributed by atoms with Gasteiger partial charge in [0.05, 0.1) is 12.5 Å². The topological polar surface area (TPSA) is 46.5 Å². The van der Waals surface area contributed by atoms with Crippen LogP contribution in [0, 0.1) is 5.92 Å². The van der Waals surface area contributed by atoms with Gasteiger partial charge >= 0.3 is 5.97 Å². The second-order valence-corrected chi connectivity index (χ2v) is 6.56. The number of methoxy groups -OCH3 is 1. The average Bonchev–Trinajstić information content (AvgIpc) is 3.05. The smallest absolute Gasteiger partial charge is 0.314 e. The summed E-state index contributed by atoms with van der Waals surface area (Å²) in [5.41, 5.74) is 1.92. The lowest BCUT2D eigenvalue weighted by Gasteiger charge is -2.62. The third kappa shape index (κ3) is 1.31. The summed E-state index contributed by atoms with van der Waals surface area (Å²) in [5, 5.41) is 9.50. The molecule has 0 aliphatic heterocycles. The van der Waals surface area contributed by atoms with E-state index in [1.807, 2.05) is 6.07 Å². The summed E-state index contributed by atoms with van der Waals surface area (Å²) in [4.78, 5) is 11.6. The Morgan fingerprint density at radius 1 is 1.32 bits per heavy atom. The maximum absolute atomic E-state index is 11.6. The molecule has 1 N–H and O–H groups in total. The lowest BCUT2D eigenvalue weighted by atomic mass is 9.42. The first-order chi connectivity index (χ1) is 9.09. The Morgan fingerprint density at radius 2 is 2.00 bits per heavy atom. The fourth-order valence-corrected chi connectivity index (χ4v) is 3.97. The molecule has 1 aromatic rings. The molecular weight excluding hydrogens is 240 g/mol. The minimum Gasteiger partial charge on any atom is -0.496 e. The SMILES string of the molecule is COc1ccc(C23CC(C2)C3)cc1C1(C(=O)O)CC1. The molecule has 0 spiro atoms. The van der Waals surface area contributed by atoms with Gasteiger partial charge in [-0.2, -0.15) is 0 Å². The molecule has 2 bridgehead atoms. The van der Waals surface area contributed by atoms with Gasteiger partial charge in [0.15, 0.2) is 0 Å². The minimum atomic E-state index is -0.708. The number of carboxylic acids is 1. The van der Waals surface area contributed by atoms with Crippen molar-refractivity contribution in [2.75, 3.05) is 7.11 Å². The molecular formula is C16H18O3. The maximum atomic E-state index is 11.6. The summed E-state index contributed by atoms with van der Waals surface area (Å²) in [6.07, 6.45) is 5.34. The van der Waals surface area contributed by atoms with Crippen molar-refractivity contribution in [3.8, 4) is 5.75 Å². The van der Waals surface area contributed by atoms with Gasteiger partial charge < -0.3 is 9.84 Å². The van der Waals surface area contributed by atoms with Crippen molar-refractivity contribution < 1.29 is 14.6 Å². The van der Waals surface area contributed by atoms with Gasteiger partial charge in [-0.25, -0.2) is 0 Å². The van der Waals surface area contributed by atoms with Crippen LogP contribution in [0.3, 0.4) is 0 Å². The van der Waals surface area contributed by atoms with E-state index in [1.54, 1.807) is 7.11 Å². The van der Waals surface area contributed by atoms with Crippen LogP contribution >= 0.6 is 0 Å². The zero-order chi connectivity index (χ0) is 13.3. The summed E-state index contributed by atoms with van der Waals surface area (Å²) in [6.45, 7) is 0. The van der Waals surface area contributed by atoms with Crippen LogP contribution in [0.5, 0.6) is 5.75 Å². The summed E-state index contributed by atoms with van der Waals surface area (Å²) in [7, 11) is 1.62.